The van der Waals surface area contributed by atoms with Gasteiger partial charge in [-0.15, -0.1) is 11.3 Å². The molecule has 0 aliphatic heterocycles. The first kappa shape index (κ1) is 16.5. The van der Waals surface area contributed by atoms with Crippen LogP contribution in [0.5, 0.6) is 0 Å². The first-order chi connectivity index (χ1) is 10.3. The number of fused-ring (bicyclic) bond motifs is 1. The molecule has 3 nitrogen and oxygen atoms in total. The smallest absolute Gasteiger partial charge is 0.193 e. The molecule has 1 N–H and O–H groups in total. The van der Waals surface area contributed by atoms with Gasteiger partial charge in [0.05, 0.1) is 5.69 Å². The molecular weight excluding hydrogens is 278 g/mol. The number of rotatable bonds is 10. The number of imidazole rings is 1. The summed E-state index contributed by atoms with van der Waals surface area (Å²) in [7, 11) is 0. The largest absolute Gasteiger partial charge is 0.313 e. The monoisotopic (exact) mass is 307 g/mol. The van der Waals surface area contributed by atoms with Gasteiger partial charge in [-0.05, 0) is 31.7 Å². The summed E-state index contributed by atoms with van der Waals surface area (Å²) in [5, 5.41) is 5.87. The Labute approximate surface area is 132 Å². The van der Waals surface area contributed by atoms with Crippen molar-refractivity contribution in [2.45, 2.75) is 65.3 Å². The standard InChI is InChI=1S/C17H29N3S/c1-4-7-14(8-5-2)16(18-9-6-3)12-15-13-20-10-11-21-17(20)19-15/h10-11,13-14,16,18H,4-9,12H2,1-3H3. The molecule has 0 aromatic carbocycles. The molecule has 1 unspecified atom stereocenters. The highest BCUT2D eigenvalue weighted by Crippen LogP contribution is 2.22. The number of nitrogens with one attached hydrogen (secondary N) is 1. The summed E-state index contributed by atoms with van der Waals surface area (Å²) in [5.41, 5.74) is 1.23. The third-order valence-corrected chi connectivity index (χ3v) is 4.89. The van der Waals surface area contributed by atoms with Gasteiger partial charge in [0.2, 0.25) is 0 Å². The summed E-state index contributed by atoms with van der Waals surface area (Å²) in [5.74, 6) is 0.770. The molecule has 2 aromatic rings. The zero-order valence-electron chi connectivity index (χ0n) is 13.6. The molecule has 0 aliphatic rings. The lowest BCUT2D eigenvalue weighted by atomic mass is 9.87. The second-order valence-electron chi connectivity index (χ2n) is 5.93. The highest BCUT2D eigenvalue weighted by Gasteiger charge is 2.21. The lowest BCUT2D eigenvalue weighted by Gasteiger charge is -2.27. The van der Waals surface area contributed by atoms with Gasteiger partial charge in [0.25, 0.3) is 0 Å². The first-order valence-corrected chi connectivity index (χ1v) is 9.30. The average Bonchev–Trinajstić information content (AvgIpc) is 3.04. The number of nitrogens with zero attached hydrogens (tertiary/aromatic N) is 2. The maximum absolute atomic E-state index is 4.76. The van der Waals surface area contributed by atoms with Crippen molar-refractivity contribution in [3.8, 4) is 0 Å². The minimum atomic E-state index is 0.564. The van der Waals surface area contributed by atoms with Gasteiger partial charge in [-0.1, -0.05) is 33.6 Å². The molecule has 0 fully saturated rings. The van der Waals surface area contributed by atoms with Crippen LogP contribution in [0.1, 0.15) is 58.6 Å². The minimum Gasteiger partial charge on any atom is -0.313 e. The number of hydrogen-bond donors (Lipinski definition) is 1. The van der Waals surface area contributed by atoms with Gasteiger partial charge >= 0.3 is 0 Å². The topological polar surface area (TPSA) is 29.3 Å². The highest BCUT2D eigenvalue weighted by molar-refractivity contribution is 7.15. The third kappa shape index (κ3) is 4.55. The van der Waals surface area contributed by atoms with E-state index in [0.717, 1.165) is 23.8 Å². The summed E-state index contributed by atoms with van der Waals surface area (Å²) in [6, 6.07) is 0.564. The van der Waals surface area contributed by atoms with Crippen molar-refractivity contribution < 1.29 is 0 Å². The fourth-order valence-corrected chi connectivity index (χ4v) is 3.84. The Morgan fingerprint density at radius 3 is 2.57 bits per heavy atom. The molecule has 0 saturated carbocycles. The molecule has 1 atom stereocenters. The zero-order chi connectivity index (χ0) is 15.1. The maximum Gasteiger partial charge on any atom is 0.193 e. The normalized spacial score (nSPS) is 13.3. The van der Waals surface area contributed by atoms with E-state index in [1.165, 1.54) is 37.8 Å². The van der Waals surface area contributed by atoms with E-state index in [0.29, 0.717) is 6.04 Å². The second kappa shape index (κ2) is 8.54. The van der Waals surface area contributed by atoms with Crippen LogP contribution in [0.4, 0.5) is 0 Å². The van der Waals surface area contributed by atoms with E-state index in [1.807, 2.05) is 0 Å². The Balaban J connectivity index is 2.07. The van der Waals surface area contributed by atoms with Crippen LogP contribution < -0.4 is 5.32 Å². The molecule has 2 heterocycles. The number of hydrogen-bond acceptors (Lipinski definition) is 3. The lowest BCUT2D eigenvalue weighted by molar-refractivity contribution is 0.307. The SMILES string of the molecule is CCCNC(Cc1cn2ccsc2n1)C(CCC)CCC. The predicted molar refractivity (Wildman–Crippen MR) is 92.2 cm³/mol. The zero-order valence-corrected chi connectivity index (χ0v) is 14.5. The minimum absolute atomic E-state index is 0.564. The van der Waals surface area contributed by atoms with Crippen LogP contribution in [0.15, 0.2) is 17.8 Å². The molecule has 118 valence electrons. The Morgan fingerprint density at radius 1 is 1.19 bits per heavy atom. The highest BCUT2D eigenvalue weighted by atomic mass is 32.1. The summed E-state index contributed by atoms with van der Waals surface area (Å²) >= 11 is 1.71. The lowest BCUT2D eigenvalue weighted by Crippen LogP contribution is -2.38. The second-order valence-corrected chi connectivity index (χ2v) is 6.80. The fraction of sp³-hybridized carbons (Fsp3) is 0.706. The van der Waals surface area contributed by atoms with E-state index < -0.39 is 0 Å². The molecule has 0 spiro atoms. The van der Waals surface area contributed by atoms with Crippen LogP contribution in [-0.2, 0) is 6.42 Å². The molecule has 0 radical (unpaired) electrons. The Kier molecular flexibility index (Phi) is 6.71. The van der Waals surface area contributed by atoms with Crippen LogP contribution in [-0.4, -0.2) is 22.0 Å². The van der Waals surface area contributed by atoms with Crippen LogP contribution in [0.3, 0.4) is 0 Å². The quantitative estimate of drug-likeness (QED) is 0.699. The van der Waals surface area contributed by atoms with E-state index in [9.17, 15) is 0 Å². The van der Waals surface area contributed by atoms with Gasteiger partial charge in [0.15, 0.2) is 4.96 Å². The Bertz CT molecular complexity index is 482. The molecule has 0 amide bonds. The van der Waals surface area contributed by atoms with E-state index in [2.05, 4.69) is 48.3 Å². The van der Waals surface area contributed by atoms with Gasteiger partial charge < -0.3 is 5.32 Å². The van der Waals surface area contributed by atoms with Crippen molar-refractivity contribution in [1.29, 1.82) is 0 Å². The van der Waals surface area contributed by atoms with Gasteiger partial charge in [-0.3, -0.25) is 4.40 Å². The van der Waals surface area contributed by atoms with Crippen LogP contribution in [0.2, 0.25) is 0 Å². The molecule has 0 aliphatic carbocycles. The van der Waals surface area contributed by atoms with Crippen molar-refractivity contribution in [2.75, 3.05) is 6.54 Å². The average molecular weight is 308 g/mol. The molecule has 2 rings (SSSR count). The molecule has 21 heavy (non-hydrogen) atoms. The van der Waals surface area contributed by atoms with Gasteiger partial charge in [0, 0.05) is 30.2 Å². The summed E-state index contributed by atoms with van der Waals surface area (Å²) in [6.07, 6.45) is 11.7. The molecular formula is C17H29N3S. The summed E-state index contributed by atoms with van der Waals surface area (Å²) in [4.78, 5) is 5.88. The maximum atomic E-state index is 4.76. The molecule has 2 aromatic heterocycles. The number of thiazole rings is 1. The fourth-order valence-electron chi connectivity index (χ4n) is 3.12. The van der Waals surface area contributed by atoms with E-state index >= 15 is 0 Å². The molecule has 0 saturated heterocycles. The number of aromatic nitrogens is 2. The van der Waals surface area contributed by atoms with Crippen molar-refractivity contribution in [1.82, 2.24) is 14.7 Å². The summed E-state index contributed by atoms with van der Waals surface area (Å²) in [6.45, 7) is 7.94. The predicted octanol–water partition coefficient (Wildman–Crippen LogP) is 4.52. The first-order valence-electron chi connectivity index (χ1n) is 8.42. The van der Waals surface area contributed by atoms with Crippen molar-refractivity contribution in [3.63, 3.8) is 0 Å². The van der Waals surface area contributed by atoms with Crippen LogP contribution >= 0.6 is 11.3 Å². The molecule has 0 bridgehead atoms. The van der Waals surface area contributed by atoms with Gasteiger partial charge in [0.1, 0.15) is 0 Å². The van der Waals surface area contributed by atoms with Crippen molar-refractivity contribution >= 4 is 16.3 Å². The van der Waals surface area contributed by atoms with Crippen LogP contribution in [0.25, 0.3) is 4.96 Å². The van der Waals surface area contributed by atoms with E-state index in [-0.39, 0.29) is 0 Å². The van der Waals surface area contributed by atoms with Gasteiger partial charge in [-0.2, -0.15) is 0 Å². The van der Waals surface area contributed by atoms with E-state index in [1.54, 1.807) is 11.3 Å². The molecule has 4 heteroatoms. The van der Waals surface area contributed by atoms with Gasteiger partial charge in [-0.25, -0.2) is 4.98 Å². The van der Waals surface area contributed by atoms with Crippen molar-refractivity contribution in [3.05, 3.63) is 23.5 Å². The van der Waals surface area contributed by atoms with E-state index in [4.69, 9.17) is 4.98 Å². The van der Waals surface area contributed by atoms with Crippen molar-refractivity contribution in [2.24, 2.45) is 5.92 Å². The third-order valence-electron chi connectivity index (χ3n) is 4.12. The summed E-state index contributed by atoms with van der Waals surface area (Å²) < 4.78 is 2.14. The van der Waals surface area contributed by atoms with Crippen LogP contribution in [0, 0.1) is 5.92 Å². The Morgan fingerprint density at radius 2 is 1.95 bits per heavy atom. The Hall–Kier alpha value is -0.870.